The van der Waals surface area contributed by atoms with Gasteiger partial charge in [0.25, 0.3) is 5.91 Å². The van der Waals surface area contributed by atoms with Crippen LogP contribution in [-0.2, 0) is 6.54 Å². The van der Waals surface area contributed by atoms with Gasteiger partial charge in [-0.1, -0.05) is 6.07 Å². The molecule has 0 spiro atoms. The van der Waals surface area contributed by atoms with Crippen LogP contribution < -0.4 is 5.32 Å². The highest BCUT2D eigenvalue weighted by atomic mass is 32.1. The van der Waals surface area contributed by atoms with Gasteiger partial charge in [0.2, 0.25) is 0 Å². The first-order valence-electron chi connectivity index (χ1n) is 6.62. The van der Waals surface area contributed by atoms with E-state index in [1.165, 1.54) is 6.20 Å². The van der Waals surface area contributed by atoms with Crippen molar-refractivity contribution in [1.82, 2.24) is 14.9 Å². The summed E-state index contributed by atoms with van der Waals surface area (Å²) < 4.78 is 0. The van der Waals surface area contributed by atoms with Crippen LogP contribution in [0.4, 0.5) is 5.82 Å². The van der Waals surface area contributed by atoms with E-state index < -0.39 is 0 Å². The topological polar surface area (TPSA) is 58.1 Å². The lowest BCUT2D eigenvalue weighted by Gasteiger charge is -2.19. The van der Waals surface area contributed by atoms with Crippen LogP contribution in [0.2, 0.25) is 0 Å². The SMILES string of the molecule is CCNc1cncc(C(=O)N(CC)Cc2cccs2)n1. The minimum Gasteiger partial charge on any atom is -0.369 e. The van der Waals surface area contributed by atoms with Gasteiger partial charge in [-0.3, -0.25) is 9.78 Å². The number of aromatic nitrogens is 2. The fourth-order valence-electron chi connectivity index (χ4n) is 1.82. The molecule has 5 nitrogen and oxygen atoms in total. The van der Waals surface area contributed by atoms with Crippen LogP contribution >= 0.6 is 11.3 Å². The van der Waals surface area contributed by atoms with Crippen molar-refractivity contribution in [2.45, 2.75) is 20.4 Å². The second-order valence-electron chi connectivity index (χ2n) is 4.22. The van der Waals surface area contributed by atoms with E-state index in [2.05, 4.69) is 15.3 Å². The molecule has 0 aliphatic heterocycles. The lowest BCUT2D eigenvalue weighted by molar-refractivity contribution is 0.0748. The average Bonchev–Trinajstić information content (AvgIpc) is 2.98. The first-order valence-corrected chi connectivity index (χ1v) is 7.50. The molecule has 0 saturated heterocycles. The summed E-state index contributed by atoms with van der Waals surface area (Å²) in [6, 6.07) is 4.02. The number of nitrogens with zero attached hydrogens (tertiary/aromatic N) is 3. The minimum atomic E-state index is -0.0897. The van der Waals surface area contributed by atoms with Crippen molar-refractivity contribution in [2.75, 3.05) is 18.4 Å². The predicted molar refractivity (Wildman–Crippen MR) is 80.9 cm³/mol. The molecule has 2 heterocycles. The highest BCUT2D eigenvalue weighted by Crippen LogP contribution is 2.14. The molecule has 6 heteroatoms. The summed E-state index contributed by atoms with van der Waals surface area (Å²) in [5, 5.41) is 5.08. The Morgan fingerprint density at radius 3 is 2.90 bits per heavy atom. The molecular formula is C14H18N4OS. The molecule has 1 amide bonds. The van der Waals surface area contributed by atoms with Gasteiger partial charge >= 0.3 is 0 Å². The van der Waals surface area contributed by atoms with E-state index in [4.69, 9.17) is 0 Å². The van der Waals surface area contributed by atoms with E-state index in [1.54, 1.807) is 22.4 Å². The Kier molecular flexibility index (Phi) is 5.06. The normalized spacial score (nSPS) is 10.3. The van der Waals surface area contributed by atoms with Crippen LogP contribution in [0.3, 0.4) is 0 Å². The van der Waals surface area contributed by atoms with Gasteiger partial charge in [-0.25, -0.2) is 4.98 Å². The Morgan fingerprint density at radius 2 is 2.25 bits per heavy atom. The second-order valence-corrected chi connectivity index (χ2v) is 5.25. The van der Waals surface area contributed by atoms with Crippen molar-refractivity contribution >= 4 is 23.1 Å². The van der Waals surface area contributed by atoms with E-state index in [0.29, 0.717) is 24.6 Å². The first-order chi connectivity index (χ1) is 9.74. The Balaban J connectivity index is 2.13. The molecule has 2 aromatic rings. The molecule has 0 bridgehead atoms. The van der Waals surface area contributed by atoms with Crippen LogP contribution in [0.25, 0.3) is 0 Å². The Bertz CT molecular complexity index is 556. The molecule has 20 heavy (non-hydrogen) atoms. The van der Waals surface area contributed by atoms with Crippen molar-refractivity contribution in [3.63, 3.8) is 0 Å². The molecule has 1 N–H and O–H groups in total. The van der Waals surface area contributed by atoms with Gasteiger partial charge in [0.15, 0.2) is 0 Å². The fraction of sp³-hybridized carbons (Fsp3) is 0.357. The number of amides is 1. The van der Waals surface area contributed by atoms with Gasteiger partial charge in [0.1, 0.15) is 11.5 Å². The van der Waals surface area contributed by atoms with Gasteiger partial charge in [-0.15, -0.1) is 11.3 Å². The maximum Gasteiger partial charge on any atom is 0.274 e. The molecule has 106 valence electrons. The zero-order chi connectivity index (χ0) is 14.4. The van der Waals surface area contributed by atoms with Crippen LogP contribution in [0.15, 0.2) is 29.9 Å². The minimum absolute atomic E-state index is 0.0897. The van der Waals surface area contributed by atoms with Gasteiger partial charge in [-0.2, -0.15) is 0 Å². The average molecular weight is 290 g/mol. The second kappa shape index (κ2) is 7.00. The smallest absolute Gasteiger partial charge is 0.274 e. The Labute approximate surface area is 122 Å². The van der Waals surface area contributed by atoms with Gasteiger partial charge < -0.3 is 10.2 Å². The monoisotopic (exact) mass is 290 g/mol. The molecule has 0 aliphatic carbocycles. The zero-order valence-electron chi connectivity index (χ0n) is 11.7. The van der Waals surface area contributed by atoms with Crippen molar-refractivity contribution in [3.05, 3.63) is 40.5 Å². The van der Waals surface area contributed by atoms with E-state index >= 15 is 0 Å². The van der Waals surface area contributed by atoms with Gasteiger partial charge in [0.05, 0.1) is 18.9 Å². The van der Waals surface area contributed by atoms with Crippen LogP contribution in [0.1, 0.15) is 29.2 Å². The number of nitrogens with one attached hydrogen (secondary N) is 1. The Morgan fingerprint density at radius 1 is 1.40 bits per heavy atom. The van der Waals surface area contributed by atoms with Crippen molar-refractivity contribution in [1.29, 1.82) is 0 Å². The van der Waals surface area contributed by atoms with Crippen molar-refractivity contribution in [3.8, 4) is 0 Å². The summed E-state index contributed by atoms with van der Waals surface area (Å²) in [6.45, 7) is 5.95. The molecule has 0 radical (unpaired) electrons. The molecule has 0 aromatic carbocycles. The number of thiophene rings is 1. The van der Waals surface area contributed by atoms with Crippen molar-refractivity contribution < 1.29 is 4.79 Å². The molecule has 0 aliphatic rings. The predicted octanol–water partition coefficient (Wildman–Crippen LogP) is 2.63. The summed E-state index contributed by atoms with van der Waals surface area (Å²) >= 11 is 1.65. The molecule has 0 fully saturated rings. The number of carbonyl (C=O) groups excluding carboxylic acids is 1. The fourth-order valence-corrected chi connectivity index (χ4v) is 2.53. The molecule has 0 unspecified atom stereocenters. The van der Waals surface area contributed by atoms with E-state index in [0.717, 1.165) is 11.4 Å². The third kappa shape index (κ3) is 3.54. The highest BCUT2D eigenvalue weighted by molar-refractivity contribution is 7.09. The van der Waals surface area contributed by atoms with Crippen LogP contribution in [0, 0.1) is 0 Å². The maximum absolute atomic E-state index is 12.5. The van der Waals surface area contributed by atoms with Crippen LogP contribution in [0.5, 0.6) is 0 Å². The molecule has 0 atom stereocenters. The number of hydrogen-bond donors (Lipinski definition) is 1. The lowest BCUT2D eigenvalue weighted by Crippen LogP contribution is -2.30. The summed E-state index contributed by atoms with van der Waals surface area (Å²) in [5.41, 5.74) is 0.377. The summed E-state index contributed by atoms with van der Waals surface area (Å²) in [4.78, 5) is 23.8. The lowest BCUT2D eigenvalue weighted by atomic mass is 10.3. The zero-order valence-corrected chi connectivity index (χ0v) is 12.5. The third-order valence-electron chi connectivity index (χ3n) is 2.81. The van der Waals surface area contributed by atoms with Crippen LogP contribution in [-0.4, -0.2) is 33.9 Å². The van der Waals surface area contributed by atoms with E-state index in [1.807, 2.05) is 31.4 Å². The molecule has 2 rings (SSSR count). The quantitative estimate of drug-likeness (QED) is 0.888. The standard InChI is InChI=1S/C14H18N4OS/c1-3-16-13-9-15-8-12(17-13)14(19)18(4-2)10-11-6-5-7-20-11/h5-9H,3-4,10H2,1-2H3,(H,16,17). The Hall–Kier alpha value is -1.95. The molecule has 0 saturated carbocycles. The van der Waals surface area contributed by atoms with Gasteiger partial charge in [-0.05, 0) is 25.3 Å². The molecule has 2 aromatic heterocycles. The van der Waals surface area contributed by atoms with Crippen molar-refractivity contribution in [2.24, 2.45) is 0 Å². The number of rotatable bonds is 6. The number of anilines is 1. The third-order valence-corrected chi connectivity index (χ3v) is 3.67. The largest absolute Gasteiger partial charge is 0.369 e. The van der Waals surface area contributed by atoms with Gasteiger partial charge in [0, 0.05) is 18.0 Å². The summed E-state index contributed by atoms with van der Waals surface area (Å²) in [7, 11) is 0. The number of hydrogen-bond acceptors (Lipinski definition) is 5. The first kappa shape index (κ1) is 14.5. The number of carbonyl (C=O) groups is 1. The highest BCUT2D eigenvalue weighted by Gasteiger charge is 2.17. The maximum atomic E-state index is 12.5. The van der Waals surface area contributed by atoms with E-state index in [-0.39, 0.29) is 5.91 Å². The molecular weight excluding hydrogens is 272 g/mol. The van der Waals surface area contributed by atoms with E-state index in [9.17, 15) is 4.79 Å². The summed E-state index contributed by atoms with van der Waals surface area (Å²) in [6.07, 6.45) is 3.14. The summed E-state index contributed by atoms with van der Waals surface area (Å²) in [5.74, 6) is 0.540.